The second kappa shape index (κ2) is 6.18. The lowest BCUT2D eigenvalue weighted by atomic mass is 9.81. The SMILES string of the molecule is CCN(C(=O)C1C2C=CC(C2)C1C(=O)O)C(CO)C(C)C. The Bertz CT molecular complexity index is 446. The van der Waals surface area contributed by atoms with E-state index in [4.69, 9.17) is 0 Å². The quantitative estimate of drug-likeness (QED) is 0.726. The molecule has 5 heteroatoms. The molecule has 2 rings (SSSR count). The number of aliphatic hydroxyl groups is 1. The normalized spacial score (nSPS) is 31.7. The number of carbonyl (C=O) groups is 2. The predicted octanol–water partition coefficient (Wildman–Crippen LogP) is 1.37. The number of rotatable bonds is 6. The third-order valence-electron chi connectivity index (χ3n) is 5.01. The van der Waals surface area contributed by atoms with Crippen LogP contribution in [-0.4, -0.2) is 46.2 Å². The van der Waals surface area contributed by atoms with Crippen molar-refractivity contribution in [2.75, 3.05) is 13.2 Å². The molecule has 0 aliphatic heterocycles. The summed E-state index contributed by atoms with van der Waals surface area (Å²) >= 11 is 0. The number of carboxylic acids is 1. The second-order valence-electron chi connectivity index (χ2n) is 6.46. The summed E-state index contributed by atoms with van der Waals surface area (Å²) in [4.78, 5) is 26.1. The molecule has 2 aliphatic carbocycles. The zero-order valence-corrected chi connectivity index (χ0v) is 12.9. The van der Waals surface area contributed by atoms with Crippen molar-refractivity contribution in [2.45, 2.75) is 33.2 Å². The Morgan fingerprint density at radius 2 is 1.81 bits per heavy atom. The van der Waals surface area contributed by atoms with Gasteiger partial charge in [-0.25, -0.2) is 0 Å². The first-order valence-corrected chi connectivity index (χ1v) is 7.74. The highest BCUT2D eigenvalue weighted by Gasteiger charge is 2.53. The van der Waals surface area contributed by atoms with E-state index in [-0.39, 0.29) is 36.3 Å². The first-order valence-electron chi connectivity index (χ1n) is 7.74. The number of nitrogens with zero attached hydrogens (tertiary/aromatic N) is 1. The van der Waals surface area contributed by atoms with Crippen molar-refractivity contribution < 1.29 is 19.8 Å². The Labute approximate surface area is 125 Å². The van der Waals surface area contributed by atoms with Crippen LogP contribution in [0.15, 0.2) is 12.2 Å². The van der Waals surface area contributed by atoms with Crippen LogP contribution in [0.4, 0.5) is 0 Å². The molecule has 0 aromatic rings. The molecule has 0 aromatic heterocycles. The minimum Gasteiger partial charge on any atom is -0.481 e. The Morgan fingerprint density at radius 3 is 2.24 bits per heavy atom. The van der Waals surface area contributed by atoms with E-state index in [9.17, 15) is 19.8 Å². The van der Waals surface area contributed by atoms with Gasteiger partial charge in [0.2, 0.25) is 5.91 Å². The number of likely N-dealkylation sites (N-methyl/N-ethyl adjacent to an activating group) is 1. The van der Waals surface area contributed by atoms with Crippen molar-refractivity contribution in [2.24, 2.45) is 29.6 Å². The van der Waals surface area contributed by atoms with Gasteiger partial charge >= 0.3 is 5.97 Å². The molecule has 5 nitrogen and oxygen atoms in total. The monoisotopic (exact) mass is 295 g/mol. The van der Waals surface area contributed by atoms with Gasteiger partial charge in [0.25, 0.3) is 0 Å². The van der Waals surface area contributed by atoms with Gasteiger partial charge in [0.1, 0.15) is 0 Å². The van der Waals surface area contributed by atoms with Crippen LogP contribution in [0.25, 0.3) is 0 Å². The van der Waals surface area contributed by atoms with Crippen LogP contribution in [-0.2, 0) is 9.59 Å². The fourth-order valence-electron chi connectivity index (χ4n) is 3.91. The lowest BCUT2D eigenvalue weighted by Crippen LogP contribution is -2.50. The number of aliphatic hydroxyl groups excluding tert-OH is 1. The van der Waals surface area contributed by atoms with Gasteiger partial charge < -0.3 is 15.1 Å². The largest absolute Gasteiger partial charge is 0.481 e. The molecule has 118 valence electrons. The van der Waals surface area contributed by atoms with E-state index in [0.717, 1.165) is 6.42 Å². The number of hydrogen-bond acceptors (Lipinski definition) is 3. The first-order chi connectivity index (χ1) is 9.92. The van der Waals surface area contributed by atoms with Crippen molar-refractivity contribution >= 4 is 11.9 Å². The van der Waals surface area contributed by atoms with Crippen LogP contribution < -0.4 is 0 Å². The summed E-state index contributed by atoms with van der Waals surface area (Å²) in [6, 6.07) is -0.250. The van der Waals surface area contributed by atoms with Crippen LogP contribution in [0.2, 0.25) is 0 Å². The third kappa shape index (κ3) is 2.71. The summed E-state index contributed by atoms with van der Waals surface area (Å²) in [6.45, 7) is 6.21. The van der Waals surface area contributed by atoms with Crippen LogP contribution in [0.1, 0.15) is 27.2 Å². The number of amides is 1. The van der Waals surface area contributed by atoms with Gasteiger partial charge in [-0.3, -0.25) is 9.59 Å². The molecular formula is C16H25NO4. The van der Waals surface area contributed by atoms with Crippen LogP contribution in [0.5, 0.6) is 0 Å². The van der Waals surface area contributed by atoms with Crippen molar-refractivity contribution in [3.05, 3.63) is 12.2 Å². The standard InChI is InChI=1S/C16H25NO4/c1-4-17(12(8-18)9(2)3)15(19)13-10-5-6-11(7-10)14(13)16(20)21/h5-6,9-14,18H,4,7-8H2,1-3H3,(H,20,21). The fourth-order valence-corrected chi connectivity index (χ4v) is 3.91. The highest BCUT2D eigenvalue weighted by molar-refractivity contribution is 5.87. The number of aliphatic carboxylic acids is 1. The van der Waals surface area contributed by atoms with E-state index < -0.39 is 17.8 Å². The maximum Gasteiger partial charge on any atom is 0.307 e. The van der Waals surface area contributed by atoms with Gasteiger partial charge in [-0.05, 0) is 31.1 Å². The molecule has 1 fully saturated rings. The minimum atomic E-state index is -0.883. The zero-order valence-electron chi connectivity index (χ0n) is 12.9. The molecule has 2 bridgehead atoms. The molecule has 2 N–H and O–H groups in total. The van der Waals surface area contributed by atoms with E-state index in [0.29, 0.717) is 6.54 Å². The molecule has 5 atom stereocenters. The summed E-state index contributed by atoms with van der Waals surface area (Å²) in [6.07, 6.45) is 4.69. The number of fused-ring (bicyclic) bond motifs is 2. The van der Waals surface area contributed by atoms with Gasteiger partial charge in [0.15, 0.2) is 0 Å². The molecule has 0 spiro atoms. The summed E-state index contributed by atoms with van der Waals surface area (Å²) in [7, 11) is 0. The highest BCUT2D eigenvalue weighted by atomic mass is 16.4. The summed E-state index contributed by atoms with van der Waals surface area (Å²) < 4.78 is 0. The van der Waals surface area contributed by atoms with Crippen LogP contribution in [0.3, 0.4) is 0 Å². The summed E-state index contributed by atoms with van der Waals surface area (Å²) in [5.41, 5.74) is 0. The number of carbonyl (C=O) groups excluding carboxylic acids is 1. The fraction of sp³-hybridized carbons (Fsp3) is 0.750. The first kappa shape index (κ1) is 16.0. The number of carboxylic acid groups (broad SMARTS) is 1. The molecule has 0 aromatic carbocycles. The Balaban J connectivity index is 2.24. The molecule has 21 heavy (non-hydrogen) atoms. The highest BCUT2D eigenvalue weighted by Crippen LogP contribution is 2.49. The topological polar surface area (TPSA) is 77.8 Å². The van der Waals surface area contributed by atoms with E-state index in [1.807, 2.05) is 32.9 Å². The minimum absolute atomic E-state index is 0.0215. The third-order valence-corrected chi connectivity index (χ3v) is 5.01. The smallest absolute Gasteiger partial charge is 0.307 e. The predicted molar refractivity (Wildman–Crippen MR) is 78.5 cm³/mol. The van der Waals surface area contributed by atoms with Gasteiger partial charge in [0.05, 0.1) is 24.5 Å². The van der Waals surface area contributed by atoms with Crippen LogP contribution >= 0.6 is 0 Å². The van der Waals surface area contributed by atoms with Crippen molar-refractivity contribution in [3.8, 4) is 0 Å². The Morgan fingerprint density at radius 1 is 1.24 bits per heavy atom. The van der Waals surface area contributed by atoms with E-state index in [2.05, 4.69) is 0 Å². The molecule has 0 radical (unpaired) electrons. The summed E-state index contributed by atoms with van der Waals surface area (Å²) in [5.74, 6) is -1.95. The molecule has 0 heterocycles. The summed E-state index contributed by atoms with van der Waals surface area (Å²) in [5, 5.41) is 19.0. The average Bonchev–Trinajstić information content (AvgIpc) is 3.03. The van der Waals surface area contributed by atoms with Crippen molar-refractivity contribution in [3.63, 3.8) is 0 Å². The Hall–Kier alpha value is -1.36. The molecular weight excluding hydrogens is 270 g/mol. The lowest BCUT2D eigenvalue weighted by molar-refractivity contribution is -0.152. The van der Waals surface area contributed by atoms with Gasteiger partial charge in [-0.15, -0.1) is 0 Å². The van der Waals surface area contributed by atoms with E-state index in [1.165, 1.54) is 0 Å². The second-order valence-corrected chi connectivity index (χ2v) is 6.46. The number of hydrogen-bond donors (Lipinski definition) is 2. The maximum atomic E-state index is 12.9. The van der Waals surface area contributed by atoms with Crippen molar-refractivity contribution in [1.82, 2.24) is 4.90 Å². The molecule has 1 amide bonds. The van der Waals surface area contributed by atoms with Gasteiger partial charge in [-0.1, -0.05) is 26.0 Å². The maximum absolute atomic E-state index is 12.9. The van der Waals surface area contributed by atoms with E-state index in [1.54, 1.807) is 4.90 Å². The van der Waals surface area contributed by atoms with Gasteiger partial charge in [0, 0.05) is 6.54 Å². The van der Waals surface area contributed by atoms with E-state index >= 15 is 0 Å². The number of allylic oxidation sites excluding steroid dienone is 2. The Kier molecular flexibility index (Phi) is 4.71. The van der Waals surface area contributed by atoms with Gasteiger partial charge in [-0.2, -0.15) is 0 Å². The molecule has 0 saturated heterocycles. The van der Waals surface area contributed by atoms with Crippen LogP contribution in [0, 0.1) is 29.6 Å². The zero-order chi connectivity index (χ0) is 15.7. The van der Waals surface area contributed by atoms with Crippen molar-refractivity contribution in [1.29, 1.82) is 0 Å². The molecule has 2 aliphatic rings. The lowest BCUT2D eigenvalue weighted by Gasteiger charge is -2.36. The average molecular weight is 295 g/mol. The molecule has 1 saturated carbocycles. The molecule has 5 unspecified atom stereocenters.